The number of rotatable bonds is 2. The van der Waals surface area contributed by atoms with E-state index in [4.69, 9.17) is 27.2 Å². The molecule has 0 aliphatic rings. The van der Waals surface area contributed by atoms with Crippen molar-refractivity contribution in [2.24, 2.45) is 0 Å². The van der Waals surface area contributed by atoms with E-state index in [0.717, 1.165) is 0 Å². The molecular weight excluding hydrogens is 233 g/mol. The number of hydrogen-bond acceptors (Lipinski definition) is 3. The molecule has 0 aromatic heterocycles. The summed E-state index contributed by atoms with van der Waals surface area (Å²) in [6, 6.07) is 2.64. The molecule has 6 heteroatoms. The molecule has 0 bridgehead atoms. The second kappa shape index (κ2) is 5.94. The van der Waals surface area contributed by atoms with E-state index < -0.39 is 5.97 Å². The minimum Gasteiger partial charge on any atom is -1.00 e. The fraction of sp³-hybridized carbons (Fsp3) is 0.125. The molecule has 0 heterocycles. The van der Waals surface area contributed by atoms with Gasteiger partial charge in [-0.05, 0) is 6.07 Å². The van der Waals surface area contributed by atoms with E-state index >= 15 is 0 Å². The van der Waals surface area contributed by atoms with Crippen molar-refractivity contribution in [1.82, 2.24) is 0 Å². The zero-order chi connectivity index (χ0) is 10.0. The summed E-state index contributed by atoms with van der Waals surface area (Å²) in [6.45, 7) is 0. The number of carboxylic acid groups (broad SMARTS) is 1. The number of nitrogens with two attached hydrogens (primary N) is 1. The molecule has 3 N–H and O–H groups in total. The van der Waals surface area contributed by atoms with Crippen LogP contribution in [0.3, 0.4) is 0 Å². The van der Waals surface area contributed by atoms with Gasteiger partial charge in [-0.15, -0.1) is 0 Å². The van der Waals surface area contributed by atoms with Crippen LogP contribution in [-0.2, 0) is 0 Å². The molecule has 0 fully saturated rings. The van der Waals surface area contributed by atoms with Gasteiger partial charge in [-0.25, -0.2) is 4.79 Å². The molecule has 4 nitrogen and oxygen atoms in total. The first-order valence-electron chi connectivity index (χ1n) is 3.42. The van der Waals surface area contributed by atoms with Gasteiger partial charge < -0.3 is 17.0 Å². The number of anilines is 1. The molecule has 1 rings (SSSR count). The van der Waals surface area contributed by atoms with Gasteiger partial charge >= 0.3 is 57.4 Å². The first-order valence-corrected chi connectivity index (χ1v) is 3.80. The first kappa shape index (κ1) is 14.2. The van der Waals surface area contributed by atoms with Crippen molar-refractivity contribution in [3.8, 4) is 5.75 Å². The Hall–Kier alpha value is 0.216. The number of nitrogen functional groups attached to an aromatic ring is 1. The van der Waals surface area contributed by atoms with Crippen molar-refractivity contribution in [3.63, 3.8) is 0 Å². The molecule has 0 aliphatic carbocycles. The van der Waals surface area contributed by atoms with Crippen LogP contribution in [0.15, 0.2) is 12.1 Å². The number of methoxy groups -OCH3 is 1. The van der Waals surface area contributed by atoms with Crippen LogP contribution in [-0.4, -0.2) is 18.2 Å². The third kappa shape index (κ3) is 3.11. The van der Waals surface area contributed by atoms with E-state index in [9.17, 15) is 4.79 Å². The van der Waals surface area contributed by atoms with Crippen molar-refractivity contribution in [2.45, 2.75) is 0 Å². The number of hydrogen-bond donors (Lipinski definition) is 2. The zero-order valence-electron chi connectivity index (χ0n) is 8.87. The van der Waals surface area contributed by atoms with Crippen LogP contribution in [0.1, 0.15) is 11.8 Å². The predicted octanol–water partition coefficient (Wildman–Crippen LogP) is -1.25. The molecule has 0 spiro atoms. The minimum absolute atomic E-state index is 0. The number of ether oxygens (including phenoxy) is 1. The largest absolute Gasteiger partial charge is 1.00 e. The van der Waals surface area contributed by atoms with Crippen LogP contribution in [0.25, 0.3) is 0 Å². The number of carboxylic acids is 1. The van der Waals surface area contributed by atoms with Crippen LogP contribution < -0.4 is 61.9 Å². The summed E-state index contributed by atoms with van der Waals surface area (Å²) in [6.07, 6.45) is 0. The fourth-order valence-electron chi connectivity index (χ4n) is 0.912. The molecule has 0 atom stereocenters. The Bertz CT molecular complexity index is 362. The van der Waals surface area contributed by atoms with Crippen molar-refractivity contribution in [3.05, 3.63) is 22.7 Å². The topological polar surface area (TPSA) is 72.5 Å². The van der Waals surface area contributed by atoms with E-state index in [0.29, 0.717) is 5.75 Å². The van der Waals surface area contributed by atoms with Crippen molar-refractivity contribution < 1.29 is 67.4 Å². The standard InChI is InChI=1S/C8H8ClNO3.K.H/c1-13-7-3-5(9)4(8(11)12)2-6(7)10;;/h2-3H,10H2,1H3,(H,11,12);;/q;+1;-1. The summed E-state index contributed by atoms with van der Waals surface area (Å²) in [5.74, 6) is -0.741. The van der Waals surface area contributed by atoms with Gasteiger partial charge in [0.25, 0.3) is 0 Å². The van der Waals surface area contributed by atoms with Crippen molar-refractivity contribution in [2.75, 3.05) is 12.8 Å². The Morgan fingerprint density at radius 3 is 2.64 bits per heavy atom. The van der Waals surface area contributed by atoms with Crippen molar-refractivity contribution >= 4 is 23.3 Å². The van der Waals surface area contributed by atoms with Crippen LogP contribution in [0.2, 0.25) is 5.02 Å². The maximum absolute atomic E-state index is 10.6. The molecule has 0 amide bonds. The van der Waals surface area contributed by atoms with Crippen LogP contribution >= 0.6 is 11.6 Å². The van der Waals surface area contributed by atoms with E-state index in [1.54, 1.807) is 0 Å². The molecule has 0 unspecified atom stereocenters. The van der Waals surface area contributed by atoms with Gasteiger partial charge in [0, 0.05) is 6.07 Å². The summed E-state index contributed by atoms with van der Waals surface area (Å²) in [5, 5.41) is 8.78. The summed E-state index contributed by atoms with van der Waals surface area (Å²) < 4.78 is 4.86. The quantitative estimate of drug-likeness (QED) is 0.501. The van der Waals surface area contributed by atoms with Crippen molar-refractivity contribution in [1.29, 1.82) is 0 Å². The average molecular weight is 242 g/mol. The Labute approximate surface area is 130 Å². The van der Waals surface area contributed by atoms with Gasteiger partial charge in [-0.2, -0.15) is 0 Å². The second-order valence-corrected chi connectivity index (χ2v) is 2.79. The summed E-state index contributed by atoms with van der Waals surface area (Å²) in [7, 11) is 1.43. The number of benzene rings is 1. The predicted molar refractivity (Wildman–Crippen MR) is 50.5 cm³/mol. The molecule has 1 aromatic rings. The summed E-state index contributed by atoms with van der Waals surface area (Å²) in [5.41, 5.74) is 5.72. The number of aromatic carboxylic acids is 1. The van der Waals surface area contributed by atoms with E-state index in [1.807, 2.05) is 0 Å². The van der Waals surface area contributed by atoms with Crippen LogP contribution in [0.4, 0.5) is 5.69 Å². The molecule has 14 heavy (non-hydrogen) atoms. The Kier molecular flexibility index (Phi) is 6.04. The van der Waals surface area contributed by atoms with E-state index in [2.05, 4.69) is 0 Å². The van der Waals surface area contributed by atoms with Gasteiger partial charge in [0.2, 0.25) is 0 Å². The minimum atomic E-state index is -1.11. The van der Waals surface area contributed by atoms with E-state index in [-0.39, 0.29) is 69.1 Å². The van der Waals surface area contributed by atoms with Gasteiger partial charge in [-0.3, -0.25) is 0 Å². The zero-order valence-corrected chi connectivity index (χ0v) is 11.8. The molecule has 0 aliphatic heterocycles. The molecule has 1 aromatic carbocycles. The van der Waals surface area contributed by atoms with Gasteiger partial charge in [0.1, 0.15) is 5.75 Å². The molecule has 0 saturated heterocycles. The Morgan fingerprint density at radius 1 is 1.64 bits per heavy atom. The van der Waals surface area contributed by atoms with Gasteiger partial charge in [0.15, 0.2) is 0 Å². The summed E-state index contributed by atoms with van der Waals surface area (Å²) >= 11 is 5.66. The maximum Gasteiger partial charge on any atom is 1.00 e. The third-order valence-electron chi connectivity index (χ3n) is 1.55. The van der Waals surface area contributed by atoms with Crippen LogP contribution in [0.5, 0.6) is 5.75 Å². The first-order chi connectivity index (χ1) is 6.06. The number of carbonyl (C=O) groups is 1. The molecule has 72 valence electrons. The Balaban J connectivity index is 0. The SMILES string of the molecule is COc1cc(Cl)c(C(=O)O)cc1N.[H-].[K+]. The smallest absolute Gasteiger partial charge is 1.00 e. The van der Waals surface area contributed by atoms with Gasteiger partial charge in [-0.1, -0.05) is 11.6 Å². The number of halogens is 1. The molecule has 0 radical (unpaired) electrons. The molecular formula is C8H9ClKNO3. The summed E-state index contributed by atoms with van der Waals surface area (Å²) in [4.78, 5) is 10.6. The maximum atomic E-state index is 10.6. The third-order valence-corrected chi connectivity index (χ3v) is 1.86. The monoisotopic (exact) mass is 241 g/mol. The van der Waals surface area contributed by atoms with Gasteiger partial charge in [0.05, 0.1) is 23.4 Å². The van der Waals surface area contributed by atoms with Crippen LogP contribution in [0, 0.1) is 0 Å². The normalized spacial score (nSPS) is 9.00. The Morgan fingerprint density at radius 2 is 2.21 bits per heavy atom. The second-order valence-electron chi connectivity index (χ2n) is 2.38. The average Bonchev–Trinajstić information content (AvgIpc) is 2.07. The molecule has 0 saturated carbocycles. The fourth-order valence-corrected chi connectivity index (χ4v) is 1.15. The van der Waals surface area contributed by atoms with E-state index in [1.165, 1.54) is 19.2 Å².